The molecule has 0 saturated carbocycles. The molecular weight excluding hydrogens is 262 g/mol. The number of fused-ring (bicyclic) bond motifs is 1. The fourth-order valence-electron chi connectivity index (χ4n) is 1.72. The third-order valence-electron chi connectivity index (χ3n) is 2.60. The van der Waals surface area contributed by atoms with Gasteiger partial charge in [-0.25, -0.2) is 0 Å². The highest BCUT2D eigenvalue weighted by Gasteiger charge is 2.00. The number of hydrogen-bond donors (Lipinski definition) is 3. The Morgan fingerprint density at radius 1 is 1.39 bits per heavy atom. The third-order valence-corrected chi connectivity index (χ3v) is 3.96. The van der Waals surface area contributed by atoms with Crippen molar-refractivity contribution in [1.82, 2.24) is 15.6 Å². The number of hydrogen-bond acceptors (Lipinski definition) is 2. The Bertz CT molecular complexity index is 489. The second-order valence-corrected chi connectivity index (χ2v) is 5.45. The highest BCUT2D eigenvalue weighted by Crippen LogP contribution is 2.18. The molecule has 18 heavy (non-hydrogen) atoms. The van der Waals surface area contributed by atoms with Gasteiger partial charge < -0.3 is 15.6 Å². The molecule has 1 aromatic carbocycles. The van der Waals surface area contributed by atoms with E-state index in [-0.39, 0.29) is 0 Å². The van der Waals surface area contributed by atoms with Crippen molar-refractivity contribution in [2.75, 3.05) is 19.3 Å². The molecule has 5 heteroatoms. The van der Waals surface area contributed by atoms with Crippen molar-refractivity contribution in [2.45, 2.75) is 5.75 Å². The van der Waals surface area contributed by atoms with Gasteiger partial charge in [0.15, 0.2) is 5.11 Å². The van der Waals surface area contributed by atoms with Crippen molar-refractivity contribution in [3.63, 3.8) is 0 Å². The van der Waals surface area contributed by atoms with Gasteiger partial charge >= 0.3 is 0 Å². The van der Waals surface area contributed by atoms with Crippen LogP contribution in [0.2, 0.25) is 0 Å². The number of benzene rings is 1. The number of H-pyrrole nitrogens is 1. The lowest BCUT2D eigenvalue weighted by molar-refractivity contribution is 0.942. The van der Waals surface area contributed by atoms with E-state index in [2.05, 4.69) is 45.9 Å². The molecule has 2 aromatic rings. The first-order valence-electron chi connectivity index (χ1n) is 5.89. The topological polar surface area (TPSA) is 39.8 Å². The summed E-state index contributed by atoms with van der Waals surface area (Å²) in [7, 11) is 1.83. The van der Waals surface area contributed by atoms with Crippen LogP contribution in [0, 0.1) is 0 Å². The van der Waals surface area contributed by atoms with Crippen LogP contribution in [0.3, 0.4) is 0 Å². The predicted octanol–water partition coefficient (Wildman–Crippen LogP) is 2.50. The zero-order chi connectivity index (χ0) is 12.8. The first-order valence-corrected chi connectivity index (χ1v) is 7.46. The summed E-state index contributed by atoms with van der Waals surface area (Å²) in [5, 5.41) is 8.02. The van der Waals surface area contributed by atoms with Crippen LogP contribution in [0.1, 0.15) is 5.69 Å². The summed E-state index contributed by atoms with van der Waals surface area (Å²) in [5.74, 6) is 2.04. The maximum atomic E-state index is 5.00. The van der Waals surface area contributed by atoms with Crippen LogP contribution in [-0.4, -0.2) is 29.4 Å². The SMILES string of the molecule is CNC(=S)NCCSCc1cc2ccccc2[nH]1. The van der Waals surface area contributed by atoms with Gasteiger partial charge in [-0.05, 0) is 29.7 Å². The van der Waals surface area contributed by atoms with Crippen LogP contribution in [0.25, 0.3) is 10.9 Å². The molecule has 3 nitrogen and oxygen atoms in total. The van der Waals surface area contributed by atoms with Crippen molar-refractivity contribution >= 4 is 40.0 Å². The second kappa shape index (κ2) is 6.66. The van der Waals surface area contributed by atoms with Crippen LogP contribution in [0.5, 0.6) is 0 Å². The van der Waals surface area contributed by atoms with Gasteiger partial charge in [-0.2, -0.15) is 11.8 Å². The fraction of sp³-hybridized carbons (Fsp3) is 0.308. The van der Waals surface area contributed by atoms with Gasteiger partial charge in [0.05, 0.1) is 0 Å². The first kappa shape index (κ1) is 13.2. The Balaban J connectivity index is 1.75. The van der Waals surface area contributed by atoms with Gasteiger partial charge in [-0.3, -0.25) is 0 Å². The summed E-state index contributed by atoms with van der Waals surface area (Å²) in [6.07, 6.45) is 0. The molecule has 0 aliphatic rings. The molecule has 0 amide bonds. The summed E-state index contributed by atoms with van der Waals surface area (Å²) < 4.78 is 0. The molecule has 0 unspecified atom stereocenters. The predicted molar refractivity (Wildman–Crippen MR) is 84.1 cm³/mol. The lowest BCUT2D eigenvalue weighted by Gasteiger charge is -2.05. The zero-order valence-electron chi connectivity index (χ0n) is 10.3. The van der Waals surface area contributed by atoms with E-state index in [0.717, 1.165) is 18.1 Å². The number of thioether (sulfide) groups is 1. The number of aromatic amines is 1. The highest BCUT2D eigenvalue weighted by atomic mass is 32.2. The van der Waals surface area contributed by atoms with E-state index in [1.54, 1.807) is 0 Å². The molecule has 0 aliphatic carbocycles. The summed E-state index contributed by atoms with van der Waals surface area (Å²) in [4.78, 5) is 3.43. The van der Waals surface area contributed by atoms with Crippen LogP contribution in [0.4, 0.5) is 0 Å². The van der Waals surface area contributed by atoms with Crippen molar-refractivity contribution in [2.24, 2.45) is 0 Å². The summed E-state index contributed by atoms with van der Waals surface area (Å²) >= 11 is 6.90. The molecule has 1 aromatic heterocycles. The minimum atomic E-state index is 0.709. The van der Waals surface area contributed by atoms with E-state index in [0.29, 0.717) is 5.11 Å². The Morgan fingerprint density at radius 3 is 3.00 bits per heavy atom. The Kier molecular flexibility index (Phi) is 4.90. The summed E-state index contributed by atoms with van der Waals surface area (Å²) in [6.45, 7) is 0.893. The number of rotatable bonds is 5. The molecule has 1 heterocycles. The molecule has 0 bridgehead atoms. The number of thiocarbonyl (C=S) groups is 1. The molecule has 0 fully saturated rings. The van der Waals surface area contributed by atoms with Crippen molar-refractivity contribution in [3.05, 3.63) is 36.0 Å². The van der Waals surface area contributed by atoms with E-state index in [1.165, 1.54) is 16.6 Å². The fourth-order valence-corrected chi connectivity index (χ4v) is 2.59. The molecular formula is C13H17N3S2. The molecule has 0 radical (unpaired) electrons. The van der Waals surface area contributed by atoms with E-state index in [9.17, 15) is 0 Å². The van der Waals surface area contributed by atoms with Gasteiger partial charge in [-0.15, -0.1) is 0 Å². The largest absolute Gasteiger partial charge is 0.366 e. The molecule has 0 aliphatic heterocycles. The van der Waals surface area contributed by atoms with Gasteiger partial charge in [-0.1, -0.05) is 18.2 Å². The Morgan fingerprint density at radius 2 is 2.22 bits per heavy atom. The van der Waals surface area contributed by atoms with Gasteiger partial charge in [0, 0.05) is 36.3 Å². The third kappa shape index (κ3) is 3.65. The van der Waals surface area contributed by atoms with E-state index >= 15 is 0 Å². The normalized spacial score (nSPS) is 10.5. The minimum absolute atomic E-state index is 0.709. The lowest BCUT2D eigenvalue weighted by atomic mass is 10.2. The van der Waals surface area contributed by atoms with Crippen LogP contribution >= 0.6 is 24.0 Å². The monoisotopic (exact) mass is 279 g/mol. The van der Waals surface area contributed by atoms with Crippen molar-refractivity contribution in [3.8, 4) is 0 Å². The Labute approximate surface area is 117 Å². The molecule has 96 valence electrons. The molecule has 0 spiro atoms. The van der Waals surface area contributed by atoms with Gasteiger partial charge in [0.2, 0.25) is 0 Å². The highest BCUT2D eigenvalue weighted by molar-refractivity contribution is 7.98. The average Bonchev–Trinajstić information content (AvgIpc) is 2.80. The van der Waals surface area contributed by atoms with Crippen molar-refractivity contribution in [1.29, 1.82) is 0 Å². The van der Waals surface area contributed by atoms with Gasteiger partial charge in [0.1, 0.15) is 0 Å². The van der Waals surface area contributed by atoms with Crippen molar-refractivity contribution < 1.29 is 0 Å². The summed E-state index contributed by atoms with van der Waals surface area (Å²) in [5.41, 5.74) is 2.49. The molecule has 0 atom stereocenters. The van der Waals surface area contributed by atoms with E-state index in [1.807, 2.05) is 18.8 Å². The zero-order valence-corrected chi connectivity index (χ0v) is 12.0. The van der Waals surface area contributed by atoms with E-state index in [4.69, 9.17) is 12.2 Å². The number of para-hydroxylation sites is 1. The van der Waals surface area contributed by atoms with Crippen LogP contribution in [0.15, 0.2) is 30.3 Å². The molecule has 2 rings (SSSR count). The maximum Gasteiger partial charge on any atom is 0.166 e. The van der Waals surface area contributed by atoms with Crippen LogP contribution < -0.4 is 10.6 Å². The van der Waals surface area contributed by atoms with Gasteiger partial charge in [0.25, 0.3) is 0 Å². The smallest absolute Gasteiger partial charge is 0.166 e. The van der Waals surface area contributed by atoms with Crippen LogP contribution in [-0.2, 0) is 5.75 Å². The Hall–Kier alpha value is -1.20. The summed E-state index contributed by atoms with van der Waals surface area (Å²) in [6, 6.07) is 10.6. The minimum Gasteiger partial charge on any atom is -0.366 e. The molecule has 3 N–H and O–H groups in total. The molecule has 0 saturated heterocycles. The standard InChI is InChI=1S/C13H17N3S2/c1-14-13(17)15-6-7-18-9-11-8-10-4-2-3-5-12(10)16-11/h2-5,8,16H,6-7,9H2,1H3,(H2,14,15,17). The van der Waals surface area contributed by atoms with E-state index < -0.39 is 0 Å². The number of aromatic nitrogens is 1. The lowest BCUT2D eigenvalue weighted by Crippen LogP contribution is -2.33. The quantitative estimate of drug-likeness (QED) is 0.581. The first-order chi connectivity index (χ1) is 8.79. The second-order valence-electron chi connectivity index (χ2n) is 3.94. The number of nitrogens with one attached hydrogen (secondary N) is 3. The average molecular weight is 279 g/mol. The maximum absolute atomic E-state index is 5.00.